The summed E-state index contributed by atoms with van der Waals surface area (Å²) in [6.45, 7) is 4.10. The zero-order valence-corrected chi connectivity index (χ0v) is 11.1. The van der Waals surface area contributed by atoms with Crippen LogP contribution in [0.15, 0.2) is 0 Å². The number of likely N-dealkylation sites (tertiary alicyclic amines) is 1. The van der Waals surface area contributed by atoms with Crippen molar-refractivity contribution in [3.63, 3.8) is 0 Å². The molecule has 0 unspecified atom stereocenters. The zero-order valence-electron chi connectivity index (χ0n) is 11.1. The van der Waals surface area contributed by atoms with E-state index in [9.17, 15) is 4.79 Å². The predicted octanol–water partition coefficient (Wildman–Crippen LogP) is 3.29. The topological polar surface area (TPSA) is 32.3 Å². The van der Waals surface area contributed by atoms with Gasteiger partial charge in [0.25, 0.3) is 0 Å². The molecule has 1 saturated heterocycles. The van der Waals surface area contributed by atoms with Crippen molar-refractivity contribution in [1.82, 2.24) is 10.2 Å². The fraction of sp³-hybridized carbons (Fsp3) is 0.929. The minimum absolute atomic E-state index is 0.0572. The van der Waals surface area contributed by atoms with Crippen LogP contribution in [0.4, 0.5) is 4.79 Å². The van der Waals surface area contributed by atoms with Crippen molar-refractivity contribution in [1.29, 1.82) is 0 Å². The van der Waals surface area contributed by atoms with E-state index >= 15 is 0 Å². The number of carbonyl (C=O) groups is 1. The Balaban J connectivity index is 1.86. The summed E-state index contributed by atoms with van der Waals surface area (Å²) in [5.41, 5.74) is 0.0572. The van der Waals surface area contributed by atoms with Crippen molar-refractivity contribution in [2.45, 2.75) is 70.3 Å². The second-order valence-electron chi connectivity index (χ2n) is 5.95. The fourth-order valence-electron chi connectivity index (χ4n) is 3.07. The molecule has 0 spiro atoms. The second-order valence-corrected chi connectivity index (χ2v) is 5.95. The van der Waals surface area contributed by atoms with Crippen molar-refractivity contribution >= 4 is 6.03 Å². The Morgan fingerprint density at radius 3 is 2.06 bits per heavy atom. The van der Waals surface area contributed by atoms with Crippen LogP contribution in [0, 0.1) is 0 Å². The van der Waals surface area contributed by atoms with Crippen molar-refractivity contribution in [2.75, 3.05) is 13.1 Å². The highest BCUT2D eigenvalue weighted by molar-refractivity contribution is 5.75. The third-order valence-corrected chi connectivity index (χ3v) is 4.26. The number of hydrogen-bond acceptors (Lipinski definition) is 1. The maximum Gasteiger partial charge on any atom is 0.317 e. The first kappa shape index (κ1) is 12.7. The average Bonchev–Trinajstić information content (AvgIpc) is 2.57. The standard InChI is InChI=1S/C14H26N2O/c1-14(9-5-4-6-10-14)15-13(17)16-11-7-2-3-8-12-16/h2-12H2,1H3,(H,15,17). The van der Waals surface area contributed by atoms with Gasteiger partial charge in [-0.2, -0.15) is 0 Å². The van der Waals surface area contributed by atoms with Crippen LogP contribution in [0.5, 0.6) is 0 Å². The Hall–Kier alpha value is -0.730. The van der Waals surface area contributed by atoms with E-state index in [0.717, 1.165) is 25.9 Å². The minimum Gasteiger partial charge on any atom is -0.333 e. The van der Waals surface area contributed by atoms with Crippen LogP contribution in [-0.4, -0.2) is 29.6 Å². The number of amides is 2. The average molecular weight is 238 g/mol. The van der Waals surface area contributed by atoms with Crippen LogP contribution in [0.25, 0.3) is 0 Å². The first-order chi connectivity index (χ1) is 8.20. The molecule has 0 aromatic carbocycles. The predicted molar refractivity (Wildman–Crippen MR) is 70.1 cm³/mol. The van der Waals surface area contributed by atoms with Crippen LogP contribution in [0.3, 0.4) is 0 Å². The van der Waals surface area contributed by atoms with Gasteiger partial charge in [-0.05, 0) is 32.6 Å². The van der Waals surface area contributed by atoms with Gasteiger partial charge in [0, 0.05) is 18.6 Å². The highest BCUT2D eigenvalue weighted by atomic mass is 16.2. The fourth-order valence-corrected chi connectivity index (χ4v) is 3.07. The zero-order chi connectivity index (χ0) is 12.1. The van der Waals surface area contributed by atoms with Gasteiger partial charge in [-0.3, -0.25) is 0 Å². The van der Waals surface area contributed by atoms with E-state index in [1.54, 1.807) is 0 Å². The lowest BCUT2D eigenvalue weighted by Gasteiger charge is -2.36. The lowest BCUT2D eigenvalue weighted by molar-refractivity contribution is 0.175. The van der Waals surface area contributed by atoms with Gasteiger partial charge in [0.2, 0.25) is 0 Å². The van der Waals surface area contributed by atoms with Crippen molar-refractivity contribution in [3.8, 4) is 0 Å². The van der Waals surface area contributed by atoms with E-state index in [1.807, 2.05) is 4.90 Å². The number of hydrogen-bond donors (Lipinski definition) is 1. The number of carbonyl (C=O) groups excluding carboxylic acids is 1. The van der Waals surface area contributed by atoms with Gasteiger partial charge in [0.15, 0.2) is 0 Å². The van der Waals surface area contributed by atoms with E-state index in [4.69, 9.17) is 0 Å². The van der Waals surface area contributed by atoms with Crippen LogP contribution in [0.1, 0.15) is 64.7 Å². The van der Waals surface area contributed by atoms with Gasteiger partial charge >= 0.3 is 6.03 Å². The molecular formula is C14H26N2O. The Labute approximate surface area is 105 Å². The quantitative estimate of drug-likeness (QED) is 0.747. The van der Waals surface area contributed by atoms with Gasteiger partial charge in [0.05, 0.1) is 0 Å². The van der Waals surface area contributed by atoms with E-state index in [2.05, 4.69) is 12.2 Å². The van der Waals surface area contributed by atoms with Gasteiger partial charge < -0.3 is 10.2 Å². The molecule has 1 N–H and O–H groups in total. The third kappa shape index (κ3) is 3.62. The molecule has 2 aliphatic rings. The molecule has 3 heteroatoms. The van der Waals surface area contributed by atoms with Gasteiger partial charge in [-0.15, -0.1) is 0 Å². The summed E-state index contributed by atoms with van der Waals surface area (Å²) in [5, 5.41) is 3.28. The van der Waals surface area contributed by atoms with Crippen LogP contribution < -0.4 is 5.32 Å². The second kappa shape index (κ2) is 5.74. The number of nitrogens with zero attached hydrogens (tertiary/aromatic N) is 1. The van der Waals surface area contributed by atoms with E-state index in [1.165, 1.54) is 44.9 Å². The molecule has 0 aromatic heterocycles. The molecule has 3 nitrogen and oxygen atoms in total. The Bertz CT molecular complexity index is 251. The molecule has 0 bridgehead atoms. The summed E-state index contributed by atoms with van der Waals surface area (Å²) in [7, 11) is 0. The normalized spacial score (nSPS) is 25.1. The van der Waals surface area contributed by atoms with E-state index in [-0.39, 0.29) is 11.6 Å². The number of rotatable bonds is 1. The summed E-state index contributed by atoms with van der Waals surface area (Å²) < 4.78 is 0. The SMILES string of the molecule is CC1(NC(=O)N2CCCCCC2)CCCCC1. The molecule has 1 heterocycles. The number of urea groups is 1. The van der Waals surface area contributed by atoms with Crippen molar-refractivity contribution in [2.24, 2.45) is 0 Å². The molecule has 2 rings (SSSR count). The first-order valence-corrected chi connectivity index (χ1v) is 7.27. The molecular weight excluding hydrogens is 212 g/mol. The highest BCUT2D eigenvalue weighted by Gasteiger charge is 2.30. The molecule has 0 atom stereocenters. The Kier molecular flexibility index (Phi) is 4.30. The summed E-state index contributed by atoms with van der Waals surface area (Å²) in [6, 6.07) is 0.177. The molecule has 2 fully saturated rings. The van der Waals surface area contributed by atoms with Gasteiger partial charge in [-0.1, -0.05) is 32.1 Å². The number of nitrogens with one attached hydrogen (secondary N) is 1. The molecule has 98 valence electrons. The molecule has 1 aliphatic heterocycles. The summed E-state index contributed by atoms with van der Waals surface area (Å²) in [4.78, 5) is 14.3. The Morgan fingerprint density at radius 1 is 0.941 bits per heavy atom. The summed E-state index contributed by atoms with van der Waals surface area (Å²) in [6.07, 6.45) is 11.0. The van der Waals surface area contributed by atoms with Gasteiger partial charge in [-0.25, -0.2) is 4.79 Å². The van der Waals surface area contributed by atoms with E-state index < -0.39 is 0 Å². The monoisotopic (exact) mass is 238 g/mol. The smallest absolute Gasteiger partial charge is 0.317 e. The largest absolute Gasteiger partial charge is 0.333 e. The van der Waals surface area contributed by atoms with Crippen LogP contribution >= 0.6 is 0 Å². The first-order valence-electron chi connectivity index (χ1n) is 7.27. The lowest BCUT2D eigenvalue weighted by Crippen LogP contribution is -2.52. The molecule has 1 aliphatic carbocycles. The maximum absolute atomic E-state index is 12.2. The maximum atomic E-state index is 12.2. The minimum atomic E-state index is 0.0572. The molecule has 2 amide bonds. The third-order valence-electron chi connectivity index (χ3n) is 4.26. The van der Waals surface area contributed by atoms with E-state index in [0.29, 0.717) is 0 Å². The van der Waals surface area contributed by atoms with Crippen molar-refractivity contribution in [3.05, 3.63) is 0 Å². The summed E-state index contributed by atoms with van der Waals surface area (Å²) >= 11 is 0. The van der Waals surface area contributed by atoms with Crippen LogP contribution in [-0.2, 0) is 0 Å². The molecule has 0 aromatic rings. The molecule has 17 heavy (non-hydrogen) atoms. The molecule has 1 saturated carbocycles. The summed E-state index contributed by atoms with van der Waals surface area (Å²) in [5.74, 6) is 0. The van der Waals surface area contributed by atoms with Crippen LogP contribution in [0.2, 0.25) is 0 Å². The Morgan fingerprint density at radius 2 is 1.47 bits per heavy atom. The molecule has 0 radical (unpaired) electrons. The highest BCUT2D eigenvalue weighted by Crippen LogP contribution is 2.27. The van der Waals surface area contributed by atoms with Crippen molar-refractivity contribution < 1.29 is 4.79 Å². The van der Waals surface area contributed by atoms with Gasteiger partial charge in [0.1, 0.15) is 0 Å². The lowest BCUT2D eigenvalue weighted by atomic mass is 9.83.